The predicted octanol–water partition coefficient (Wildman–Crippen LogP) is 3.17. The van der Waals surface area contributed by atoms with Crippen LogP contribution in [0.25, 0.3) is 0 Å². The fourth-order valence-corrected chi connectivity index (χ4v) is 2.50. The van der Waals surface area contributed by atoms with Crippen molar-refractivity contribution >= 4 is 35.8 Å². The van der Waals surface area contributed by atoms with Gasteiger partial charge in [0.2, 0.25) is 0 Å². The SMILES string of the molecule is CCCNC(=O)c1cccc(CNC(=NC)NCC(OC)C(C)(C)C)c1.I. The summed E-state index contributed by atoms with van der Waals surface area (Å²) in [5, 5.41) is 9.47. The van der Waals surface area contributed by atoms with E-state index in [1.165, 1.54) is 0 Å². The number of nitrogens with zero attached hydrogens (tertiary/aromatic N) is 1. The normalized spacial score (nSPS) is 12.7. The molecule has 1 unspecified atom stereocenters. The Morgan fingerprint density at radius 2 is 1.93 bits per heavy atom. The molecule has 0 aromatic heterocycles. The third-order valence-corrected chi connectivity index (χ3v) is 4.11. The molecule has 0 spiro atoms. The second kappa shape index (κ2) is 12.9. The summed E-state index contributed by atoms with van der Waals surface area (Å²) in [4.78, 5) is 16.3. The third kappa shape index (κ3) is 9.41. The number of carbonyl (C=O) groups excluding carboxylic acids is 1. The van der Waals surface area contributed by atoms with Crippen LogP contribution in [0.15, 0.2) is 29.3 Å². The van der Waals surface area contributed by atoms with Crippen LogP contribution >= 0.6 is 24.0 Å². The van der Waals surface area contributed by atoms with Crippen molar-refractivity contribution in [1.82, 2.24) is 16.0 Å². The Kier molecular flexibility index (Phi) is 12.3. The summed E-state index contributed by atoms with van der Waals surface area (Å²) >= 11 is 0. The van der Waals surface area contributed by atoms with Crippen molar-refractivity contribution < 1.29 is 9.53 Å². The predicted molar refractivity (Wildman–Crippen MR) is 123 cm³/mol. The van der Waals surface area contributed by atoms with Crippen molar-refractivity contribution in [3.05, 3.63) is 35.4 Å². The number of nitrogens with one attached hydrogen (secondary N) is 3. The zero-order valence-corrected chi connectivity index (χ0v) is 19.7. The summed E-state index contributed by atoms with van der Waals surface area (Å²) in [7, 11) is 3.46. The lowest BCUT2D eigenvalue weighted by Crippen LogP contribution is -2.45. The molecule has 0 saturated carbocycles. The van der Waals surface area contributed by atoms with Crippen molar-refractivity contribution in [3.63, 3.8) is 0 Å². The monoisotopic (exact) mass is 490 g/mol. The molecule has 0 fully saturated rings. The smallest absolute Gasteiger partial charge is 0.251 e. The van der Waals surface area contributed by atoms with E-state index in [0.29, 0.717) is 31.2 Å². The van der Waals surface area contributed by atoms with E-state index in [2.05, 4.69) is 41.7 Å². The lowest BCUT2D eigenvalue weighted by molar-refractivity contribution is 0.0205. The van der Waals surface area contributed by atoms with Crippen LogP contribution in [0.1, 0.15) is 50.0 Å². The Hall–Kier alpha value is -1.35. The minimum atomic E-state index is -0.0377. The molecular formula is C20H35IN4O2. The molecule has 154 valence electrons. The number of rotatable bonds is 8. The molecule has 0 aliphatic rings. The van der Waals surface area contributed by atoms with E-state index in [4.69, 9.17) is 4.74 Å². The van der Waals surface area contributed by atoms with E-state index in [-0.39, 0.29) is 41.4 Å². The van der Waals surface area contributed by atoms with Crippen molar-refractivity contribution in [1.29, 1.82) is 0 Å². The molecule has 1 aromatic carbocycles. The lowest BCUT2D eigenvalue weighted by Gasteiger charge is -2.30. The van der Waals surface area contributed by atoms with Gasteiger partial charge in [-0.15, -0.1) is 24.0 Å². The van der Waals surface area contributed by atoms with Gasteiger partial charge >= 0.3 is 0 Å². The largest absolute Gasteiger partial charge is 0.379 e. The summed E-state index contributed by atoms with van der Waals surface area (Å²) in [5.41, 5.74) is 1.74. The van der Waals surface area contributed by atoms with Crippen molar-refractivity contribution in [2.75, 3.05) is 27.2 Å². The number of hydrogen-bond donors (Lipinski definition) is 3. The van der Waals surface area contributed by atoms with Crippen LogP contribution < -0.4 is 16.0 Å². The van der Waals surface area contributed by atoms with Gasteiger partial charge in [-0.2, -0.15) is 0 Å². The zero-order chi connectivity index (χ0) is 19.6. The second-order valence-electron chi connectivity index (χ2n) is 7.35. The maximum Gasteiger partial charge on any atom is 0.251 e. The number of ether oxygens (including phenoxy) is 1. The number of benzene rings is 1. The van der Waals surface area contributed by atoms with Gasteiger partial charge in [-0.25, -0.2) is 0 Å². The van der Waals surface area contributed by atoms with Gasteiger partial charge in [0.05, 0.1) is 6.10 Å². The van der Waals surface area contributed by atoms with Gasteiger partial charge in [0.25, 0.3) is 5.91 Å². The van der Waals surface area contributed by atoms with Crippen LogP contribution in [0.5, 0.6) is 0 Å². The molecule has 0 bridgehead atoms. The average molecular weight is 490 g/mol. The molecular weight excluding hydrogens is 455 g/mol. The maximum atomic E-state index is 12.1. The third-order valence-electron chi connectivity index (χ3n) is 4.11. The minimum absolute atomic E-state index is 0. The first-order valence-electron chi connectivity index (χ1n) is 9.16. The Labute approximate surface area is 181 Å². The summed E-state index contributed by atoms with van der Waals surface area (Å²) in [6, 6.07) is 7.62. The van der Waals surface area contributed by atoms with E-state index in [0.717, 1.165) is 12.0 Å². The van der Waals surface area contributed by atoms with Gasteiger partial charge in [-0.3, -0.25) is 9.79 Å². The van der Waals surface area contributed by atoms with Crippen molar-refractivity contribution in [3.8, 4) is 0 Å². The first kappa shape index (κ1) is 25.6. The fourth-order valence-electron chi connectivity index (χ4n) is 2.50. The highest BCUT2D eigenvalue weighted by atomic mass is 127. The molecule has 0 radical (unpaired) electrons. The minimum Gasteiger partial charge on any atom is -0.379 e. The summed E-state index contributed by atoms with van der Waals surface area (Å²) in [6.07, 6.45) is 0.998. The summed E-state index contributed by atoms with van der Waals surface area (Å²) in [6.45, 7) is 10.4. The fraction of sp³-hybridized carbons (Fsp3) is 0.600. The highest BCUT2D eigenvalue weighted by molar-refractivity contribution is 14.0. The molecule has 6 nitrogen and oxygen atoms in total. The average Bonchev–Trinajstić information content (AvgIpc) is 2.61. The second-order valence-corrected chi connectivity index (χ2v) is 7.35. The van der Waals surface area contributed by atoms with Crippen LogP contribution in [0, 0.1) is 5.41 Å². The Bertz CT molecular complexity index is 600. The van der Waals surface area contributed by atoms with Crippen LogP contribution in [-0.4, -0.2) is 45.2 Å². The molecule has 1 aromatic rings. The Balaban J connectivity index is 0.00000676. The maximum absolute atomic E-state index is 12.1. The Morgan fingerprint density at radius 1 is 1.22 bits per heavy atom. The number of guanidine groups is 1. The molecule has 0 aliphatic carbocycles. The topological polar surface area (TPSA) is 74.8 Å². The van der Waals surface area contributed by atoms with Gasteiger partial charge in [0, 0.05) is 39.4 Å². The zero-order valence-electron chi connectivity index (χ0n) is 17.4. The molecule has 1 atom stereocenters. The quantitative estimate of drug-likeness (QED) is 0.297. The number of amides is 1. The van der Waals surface area contributed by atoms with Crippen molar-refractivity contribution in [2.24, 2.45) is 10.4 Å². The van der Waals surface area contributed by atoms with E-state index in [1.54, 1.807) is 14.2 Å². The van der Waals surface area contributed by atoms with E-state index in [9.17, 15) is 4.79 Å². The van der Waals surface area contributed by atoms with Gasteiger partial charge in [0.15, 0.2) is 5.96 Å². The molecule has 27 heavy (non-hydrogen) atoms. The molecule has 0 aliphatic heterocycles. The highest BCUT2D eigenvalue weighted by Crippen LogP contribution is 2.20. The van der Waals surface area contributed by atoms with Crippen LogP contribution in [-0.2, 0) is 11.3 Å². The van der Waals surface area contributed by atoms with E-state index in [1.807, 2.05) is 31.2 Å². The van der Waals surface area contributed by atoms with E-state index >= 15 is 0 Å². The lowest BCUT2D eigenvalue weighted by atomic mass is 9.89. The molecule has 0 heterocycles. The first-order chi connectivity index (χ1) is 12.3. The molecule has 0 saturated heterocycles. The van der Waals surface area contributed by atoms with Crippen molar-refractivity contribution in [2.45, 2.75) is 46.8 Å². The van der Waals surface area contributed by atoms with Gasteiger partial charge < -0.3 is 20.7 Å². The van der Waals surface area contributed by atoms with Crippen LogP contribution in [0.3, 0.4) is 0 Å². The number of aliphatic imine (C=N–C) groups is 1. The number of halogens is 1. The number of methoxy groups -OCH3 is 1. The molecule has 3 N–H and O–H groups in total. The van der Waals surface area contributed by atoms with Crippen LogP contribution in [0.2, 0.25) is 0 Å². The number of hydrogen-bond acceptors (Lipinski definition) is 3. The van der Waals surface area contributed by atoms with Gasteiger partial charge in [0.1, 0.15) is 0 Å². The number of carbonyl (C=O) groups is 1. The molecule has 7 heteroatoms. The summed E-state index contributed by atoms with van der Waals surface area (Å²) < 4.78 is 5.56. The standard InChI is InChI=1S/C20H34N4O2.HI/c1-7-11-22-18(25)16-10-8-9-15(12-16)13-23-19(21-5)24-14-17(26-6)20(2,3)4;/h8-10,12,17H,7,11,13-14H2,1-6H3,(H,22,25)(H2,21,23,24);1H. The molecule has 1 amide bonds. The Morgan fingerprint density at radius 3 is 2.48 bits per heavy atom. The molecule has 1 rings (SSSR count). The van der Waals surface area contributed by atoms with Gasteiger partial charge in [-0.1, -0.05) is 39.8 Å². The highest BCUT2D eigenvalue weighted by Gasteiger charge is 2.24. The van der Waals surface area contributed by atoms with Crippen LogP contribution in [0.4, 0.5) is 0 Å². The van der Waals surface area contributed by atoms with Gasteiger partial charge in [-0.05, 0) is 29.5 Å². The first-order valence-corrected chi connectivity index (χ1v) is 9.16. The summed E-state index contributed by atoms with van der Waals surface area (Å²) in [5.74, 6) is 0.668. The van der Waals surface area contributed by atoms with E-state index < -0.39 is 0 Å².